The molecule has 1 aromatic carbocycles. The Morgan fingerprint density at radius 3 is 2.28 bits per heavy atom. The van der Waals surface area contributed by atoms with Crippen LogP contribution in [0.25, 0.3) is 0 Å². The fourth-order valence-electron chi connectivity index (χ4n) is 2.72. The molecule has 1 unspecified atom stereocenters. The number of nitrogens with one attached hydrogen (secondary N) is 2. The number of methoxy groups -OCH3 is 3. The monoisotopic (exact) mass is 371 g/mol. The Labute approximate surface area is 148 Å². The van der Waals surface area contributed by atoms with E-state index in [1.807, 2.05) is 0 Å². The third-order valence-corrected chi connectivity index (χ3v) is 5.81. The number of ether oxygens (including phenoxy) is 3. The highest BCUT2D eigenvalue weighted by Crippen LogP contribution is 2.33. The molecule has 1 aromatic rings. The predicted octanol–water partition coefficient (Wildman–Crippen LogP) is 0.564. The van der Waals surface area contributed by atoms with Crippen molar-refractivity contribution in [2.24, 2.45) is 4.99 Å². The van der Waals surface area contributed by atoms with Crippen LogP contribution in [0.4, 0.5) is 0 Å². The Morgan fingerprint density at radius 1 is 1.20 bits per heavy atom. The molecule has 25 heavy (non-hydrogen) atoms. The lowest BCUT2D eigenvalue weighted by Crippen LogP contribution is -2.43. The number of rotatable bonds is 6. The lowest BCUT2D eigenvalue weighted by Gasteiger charge is -2.19. The average Bonchev–Trinajstić information content (AvgIpc) is 2.96. The zero-order chi connectivity index (χ0) is 18.4. The molecule has 0 radical (unpaired) electrons. The molecule has 9 heteroatoms. The van der Waals surface area contributed by atoms with Crippen molar-refractivity contribution in [1.82, 2.24) is 10.6 Å². The summed E-state index contributed by atoms with van der Waals surface area (Å²) < 4.78 is 39.2. The van der Waals surface area contributed by atoms with Gasteiger partial charge in [0, 0.05) is 25.2 Å². The van der Waals surface area contributed by atoms with Gasteiger partial charge in [0.1, 0.15) is 17.2 Å². The minimum atomic E-state index is -2.94. The van der Waals surface area contributed by atoms with E-state index in [0.717, 1.165) is 5.56 Å². The molecule has 1 atom stereocenters. The molecule has 1 heterocycles. The number of hydrogen-bond donors (Lipinski definition) is 2. The average molecular weight is 371 g/mol. The van der Waals surface area contributed by atoms with Crippen molar-refractivity contribution in [2.75, 3.05) is 39.9 Å². The minimum absolute atomic E-state index is 0.128. The summed E-state index contributed by atoms with van der Waals surface area (Å²) in [6.07, 6.45) is 0.582. The molecule has 0 amide bonds. The van der Waals surface area contributed by atoms with E-state index in [1.165, 1.54) is 0 Å². The predicted molar refractivity (Wildman–Crippen MR) is 96.5 cm³/mol. The number of sulfone groups is 1. The molecular formula is C16H25N3O5S. The SMILES string of the molecule is CN=C(NCc1c(OC)cc(OC)cc1OC)NC1CCS(=O)(=O)C1. The lowest BCUT2D eigenvalue weighted by molar-refractivity contribution is 0.368. The van der Waals surface area contributed by atoms with Gasteiger partial charge in [0.15, 0.2) is 15.8 Å². The van der Waals surface area contributed by atoms with E-state index in [9.17, 15) is 8.42 Å². The quantitative estimate of drug-likeness (QED) is 0.557. The van der Waals surface area contributed by atoms with Gasteiger partial charge in [-0.15, -0.1) is 0 Å². The minimum Gasteiger partial charge on any atom is -0.496 e. The molecule has 0 spiro atoms. The summed E-state index contributed by atoms with van der Waals surface area (Å²) in [5.41, 5.74) is 0.813. The van der Waals surface area contributed by atoms with Crippen molar-refractivity contribution in [3.63, 3.8) is 0 Å². The lowest BCUT2D eigenvalue weighted by atomic mass is 10.1. The van der Waals surface area contributed by atoms with Crippen molar-refractivity contribution < 1.29 is 22.6 Å². The van der Waals surface area contributed by atoms with Crippen LogP contribution in [-0.4, -0.2) is 60.3 Å². The first-order valence-electron chi connectivity index (χ1n) is 7.89. The topological polar surface area (TPSA) is 98.2 Å². The Hall–Kier alpha value is -2.16. The zero-order valence-electron chi connectivity index (χ0n) is 15.0. The first-order valence-corrected chi connectivity index (χ1v) is 9.71. The molecule has 2 rings (SSSR count). The van der Waals surface area contributed by atoms with Gasteiger partial charge in [0.25, 0.3) is 0 Å². The second kappa shape index (κ2) is 8.28. The van der Waals surface area contributed by atoms with Crippen LogP contribution in [0, 0.1) is 0 Å². The van der Waals surface area contributed by atoms with Gasteiger partial charge in [-0.25, -0.2) is 8.42 Å². The van der Waals surface area contributed by atoms with E-state index in [4.69, 9.17) is 14.2 Å². The van der Waals surface area contributed by atoms with Gasteiger partial charge in [0.2, 0.25) is 0 Å². The van der Waals surface area contributed by atoms with Crippen molar-refractivity contribution in [1.29, 1.82) is 0 Å². The van der Waals surface area contributed by atoms with E-state index in [-0.39, 0.29) is 17.5 Å². The van der Waals surface area contributed by atoms with E-state index in [0.29, 0.717) is 36.2 Å². The van der Waals surface area contributed by atoms with Crippen LogP contribution >= 0.6 is 0 Å². The van der Waals surface area contributed by atoms with Crippen LogP contribution in [0.15, 0.2) is 17.1 Å². The number of nitrogens with zero attached hydrogens (tertiary/aromatic N) is 1. The van der Waals surface area contributed by atoms with Crippen LogP contribution in [-0.2, 0) is 16.4 Å². The van der Waals surface area contributed by atoms with Gasteiger partial charge in [-0.2, -0.15) is 0 Å². The highest BCUT2D eigenvalue weighted by atomic mass is 32.2. The van der Waals surface area contributed by atoms with E-state index in [2.05, 4.69) is 15.6 Å². The van der Waals surface area contributed by atoms with Gasteiger partial charge < -0.3 is 24.8 Å². The molecule has 8 nitrogen and oxygen atoms in total. The second-order valence-electron chi connectivity index (χ2n) is 5.68. The van der Waals surface area contributed by atoms with Crippen molar-refractivity contribution >= 4 is 15.8 Å². The third-order valence-electron chi connectivity index (χ3n) is 4.05. The first-order chi connectivity index (χ1) is 11.9. The highest BCUT2D eigenvalue weighted by molar-refractivity contribution is 7.91. The fourth-order valence-corrected chi connectivity index (χ4v) is 4.39. The molecule has 0 aromatic heterocycles. The van der Waals surface area contributed by atoms with Crippen LogP contribution in [0.3, 0.4) is 0 Å². The maximum absolute atomic E-state index is 11.6. The summed E-state index contributed by atoms with van der Waals surface area (Å²) >= 11 is 0. The maximum atomic E-state index is 11.6. The van der Waals surface area contributed by atoms with Gasteiger partial charge in [-0.1, -0.05) is 0 Å². The molecule has 1 fully saturated rings. The molecule has 1 saturated heterocycles. The van der Waals surface area contributed by atoms with Crippen molar-refractivity contribution in [3.8, 4) is 17.2 Å². The Balaban J connectivity index is 2.08. The maximum Gasteiger partial charge on any atom is 0.191 e. The summed E-state index contributed by atoms with van der Waals surface area (Å²) in [5.74, 6) is 2.76. The zero-order valence-corrected chi connectivity index (χ0v) is 15.8. The van der Waals surface area contributed by atoms with Gasteiger partial charge in [0.05, 0.1) is 44.9 Å². The first kappa shape index (κ1) is 19.2. The Morgan fingerprint density at radius 2 is 1.84 bits per heavy atom. The molecule has 0 bridgehead atoms. The Bertz CT molecular complexity index is 708. The number of benzene rings is 1. The smallest absolute Gasteiger partial charge is 0.191 e. The molecule has 140 valence electrons. The molecule has 2 N–H and O–H groups in total. The molecule has 1 aliphatic rings. The van der Waals surface area contributed by atoms with E-state index < -0.39 is 9.84 Å². The van der Waals surface area contributed by atoms with Crippen LogP contribution in [0.2, 0.25) is 0 Å². The summed E-state index contributed by atoms with van der Waals surface area (Å²) in [7, 11) is 3.43. The summed E-state index contributed by atoms with van der Waals surface area (Å²) in [4.78, 5) is 4.15. The summed E-state index contributed by atoms with van der Waals surface area (Å²) in [6.45, 7) is 0.398. The van der Waals surface area contributed by atoms with Crippen LogP contribution in [0.1, 0.15) is 12.0 Å². The number of guanidine groups is 1. The van der Waals surface area contributed by atoms with Crippen molar-refractivity contribution in [2.45, 2.75) is 19.0 Å². The number of hydrogen-bond acceptors (Lipinski definition) is 6. The summed E-state index contributed by atoms with van der Waals surface area (Å²) in [5, 5.41) is 6.31. The standard InChI is InChI=1S/C16H25N3O5S/c1-17-16(19-11-5-6-25(20,21)10-11)18-9-13-14(23-3)7-12(22-2)8-15(13)24-4/h7-8,11H,5-6,9-10H2,1-4H3,(H2,17,18,19). The molecule has 0 aliphatic carbocycles. The van der Waals surface area contributed by atoms with E-state index in [1.54, 1.807) is 40.5 Å². The second-order valence-corrected chi connectivity index (χ2v) is 7.91. The van der Waals surface area contributed by atoms with E-state index >= 15 is 0 Å². The van der Waals surface area contributed by atoms with Crippen LogP contribution < -0.4 is 24.8 Å². The van der Waals surface area contributed by atoms with Gasteiger partial charge in [-0.05, 0) is 6.42 Å². The normalized spacial score (nSPS) is 19.4. The molecule has 1 aliphatic heterocycles. The fraction of sp³-hybridized carbons (Fsp3) is 0.562. The molecular weight excluding hydrogens is 346 g/mol. The van der Waals surface area contributed by atoms with Gasteiger partial charge >= 0.3 is 0 Å². The number of aliphatic imine (C=N–C) groups is 1. The summed E-state index contributed by atoms with van der Waals surface area (Å²) in [6, 6.07) is 3.43. The third kappa shape index (κ3) is 4.91. The Kier molecular flexibility index (Phi) is 6.35. The highest BCUT2D eigenvalue weighted by Gasteiger charge is 2.28. The van der Waals surface area contributed by atoms with Crippen molar-refractivity contribution in [3.05, 3.63) is 17.7 Å². The molecule has 0 saturated carbocycles. The largest absolute Gasteiger partial charge is 0.496 e. The van der Waals surface area contributed by atoms with Gasteiger partial charge in [-0.3, -0.25) is 4.99 Å². The van der Waals surface area contributed by atoms with Crippen LogP contribution in [0.5, 0.6) is 17.2 Å².